The Morgan fingerprint density at radius 3 is 1.78 bits per heavy atom. The number of ether oxygens (including phenoxy) is 1. The van der Waals surface area contributed by atoms with Crippen LogP contribution in [0.5, 0.6) is 11.5 Å². The maximum atomic E-state index is 6.31. The topological polar surface area (TPSA) is 18.5 Å². The molecule has 1 aromatic carbocycles. The van der Waals surface area contributed by atoms with Gasteiger partial charge < -0.3 is 9.16 Å². The molecule has 0 aliphatic rings. The molecule has 0 aliphatic heterocycles. The predicted octanol–water partition coefficient (Wildman–Crippen LogP) is 4.70. The summed E-state index contributed by atoms with van der Waals surface area (Å²) >= 11 is 0. The van der Waals surface area contributed by atoms with Gasteiger partial charge in [-0.25, -0.2) is 0 Å². The molecule has 2 nitrogen and oxygen atoms in total. The molecule has 0 bridgehead atoms. The molecule has 0 heterocycles. The molecule has 0 saturated heterocycles. The number of hydrogen-bond acceptors (Lipinski definition) is 2. The molecule has 0 saturated carbocycles. The van der Waals surface area contributed by atoms with Gasteiger partial charge in [-0.2, -0.15) is 0 Å². The third-order valence-corrected chi connectivity index (χ3v) is 8.18. The first-order valence-corrected chi connectivity index (χ1v) is 9.33. The van der Waals surface area contributed by atoms with Crippen LogP contribution in [0.4, 0.5) is 0 Å². The van der Waals surface area contributed by atoms with E-state index in [-0.39, 0.29) is 5.04 Å². The molecule has 1 rings (SSSR count). The number of hydrogen-bond donors (Lipinski definition) is 0. The Morgan fingerprint density at radius 2 is 1.44 bits per heavy atom. The molecule has 0 fully saturated rings. The summed E-state index contributed by atoms with van der Waals surface area (Å²) in [6.07, 6.45) is 0. The van der Waals surface area contributed by atoms with E-state index in [9.17, 15) is 0 Å². The maximum Gasteiger partial charge on any atom is 0.250 e. The van der Waals surface area contributed by atoms with Crippen molar-refractivity contribution in [2.75, 3.05) is 7.11 Å². The molecule has 1 aromatic rings. The van der Waals surface area contributed by atoms with Crippen LogP contribution in [0.25, 0.3) is 0 Å². The lowest BCUT2D eigenvalue weighted by Crippen LogP contribution is -2.43. The fourth-order valence-electron chi connectivity index (χ4n) is 1.74. The Bertz CT molecular complexity index is 408. The monoisotopic (exact) mass is 266 g/mol. The molecule has 0 aliphatic carbocycles. The minimum Gasteiger partial charge on any atom is -0.543 e. The number of aryl methyl sites for hydroxylation is 2. The summed E-state index contributed by atoms with van der Waals surface area (Å²) in [6, 6.07) is 4.15. The van der Waals surface area contributed by atoms with Crippen LogP contribution < -0.4 is 9.16 Å². The fraction of sp³-hybridized carbons (Fsp3) is 0.600. The summed E-state index contributed by atoms with van der Waals surface area (Å²) in [5, 5.41) is 0.217. The summed E-state index contributed by atoms with van der Waals surface area (Å²) < 4.78 is 11.7. The molecular formula is C15H26O2Si. The average Bonchev–Trinajstić information content (AvgIpc) is 2.14. The Labute approximate surface area is 112 Å². The molecule has 0 unspecified atom stereocenters. The van der Waals surface area contributed by atoms with Gasteiger partial charge in [-0.3, -0.25) is 0 Å². The van der Waals surface area contributed by atoms with Crippen molar-refractivity contribution >= 4 is 8.32 Å². The fourth-order valence-corrected chi connectivity index (χ4v) is 2.75. The lowest BCUT2D eigenvalue weighted by Gasteiger charge is -2.36. The minimum atomic E-state index is -1.76. The highest BCUT2D eigenvalue weighted by atomic mass is 28.4. The van der Waals surface area contributed by atoms with Gasteiger partial charge in [-0.05, 0) is 55.2 Å². The first-order valence-electron chi connectivity index (χ1n) is 6.43. The van der Waals surface area contributed by atoms with Gasteiger partial charge in [-0.1, -0.05) is 20.8 Å². The average molecular weight is 266 g/mol. The molecule has 0 aromatic heterocycles. The number of benzene rings is 1. The first kappa shape index (κ1) is 15.1. The van der Waals surface area contributed by atoms with E-state index >= 15 is 0 Å². The molecule has 0 N–H and O–H groups in total. The summed E-state index contributed by atoms with van der Waals surface area (Å²) in [5.74, 6) is 1.93. The van der Waals surface area contributed by atoms with Crippen molar-refractivity contribution in [2.45, 2.75) is 52.8 Å². The zero-order chi connectivity index (χ0) is 14.1. The van der Waals surface area contributed by atoms with Gasteiger partial charge in [0.25, 0.3) is 0 Å². The second-order valence-corrected chi connectivity index (χ2v) is 11.2. The van der Waals surface area contributed by atoms with Crippen molar-refractivity contribution in [1.82, 2.24) is 0 Å². The zero-order valence-electron chi connectivity index (χ0n) is 13.0. The molecular weight excluding hydrogens is 240 g/mol. The van der Waals surface area contributed by atoms with Gasteiger partial charge >= 0.3 is 0 Å². The van der Waals surface area contributed by atoms with Crippen LogP contribution in [-0.4, -0.2) is 15.4 Å². The molecule has 0 radical (unpaired) electrons. The molecule has 3 heteroatoms. The predicted molar refractivity (Wildman–Crippen MR) is 80.3 cm³/mol. The van der Waals surface area contributed by atoms with Crippen molar-refractivity contribution in [1.29, 1.82) is 0 Å². The highest BCUT2D eigenvalue weighted by Gasteiger charge is 2.39. The second-order valence-electron chi connectivity index (χ2n) is 6.45. The molecule has 18 heavy (non-hydrogen) atoms. The van der Waals surface area contributed by atoms with E-state index in [1.165, 1.54) is 0 Å². The van der Waals surface area contributed by atoms with Gasteiger partial charge in [-0.15, -0.1) is 0 Å². The maximum absolute atomic E-state index is 6.31. The van der Waals surface area contributed by atoms with Crippen LogP contribution >= 0.6 is 0 Å². The SMILES string of the molecule is COc1c(C)cc(O[Si](C)(C)C(C)(C)C)cc1C. The quantitative estimate of drug-likeness (QED) is 0.739. The summed E-state index contributed by atoms with van der Waals surface area (Å²) in [7, 11) is -0.0480. The molecule has 102 valence electrons. The van der Waals surface area contributed by atoms with Gasteiger partial charge in [0.15, 0.2) is 0 Å². The van der Waals surface area contributed by atoms with Crippen LogP contribution in [0, 0.1) is 13.8 Å². The normalized spacial score (nSPS) is 12.4. The van der Waals surface area contributed by atoms with Crippen molar-refractivity contribution < 1.29 is 9.16 Å². The van der Waals surface area contributed by atoms with Crippen LogP contribution in [0.3, 0.4) is 0 Å². The third kappa shape index (κ3) is 3.08. The number of methoxy groups -OCH3 is 1. The third-order valence-electron chi connectivity index (χ3n) is 3.82. The van der Waals surface area contributed by atoms with E-state index in [0.717, 1.165) is 22.6 Å². The standard InChI is InChI=1S/C15H26O2Si/c1-11-9-13(10-12(2)14(11)16-6)17-18(7,8)15(3,4)5/h9-10H,1-8H3. The van der Waals surface area contributed by atoms with Gasteiger partial charge in [0.2, 0.25) is 8.32 Å². The van der Waals surface area contributed by atoms with E-state index in [1.807, 2.05) is 0 Å². The van der Waals surface area contributed by atoms with E-state index in [4.69, 9.17) is 9.16 Å². The van der Waals surface area contributed by atoms with Crippen LogP contribution in [0.1, 0.15) is 31.9 Å². The van der Waals surface area contributed by atoms with Crippen LogP contribution in [-0.2, 0) is 0 Å². The summed E-state index contributed by atoms with van der Waals surface area (Å²) in [6.45, 7) is 15.4. The minimum absolute atomic E-state index is 0.217. The van der Waals surface area contributed by atoms with Crippen molar-refractivity contribution in [2.24, 2.45) is 0 Å². The summed E-state index contributed by atoms with van der Waals surface area (Å²) in [5.41, 5.74) is 2.26. The van der Waals surface area contributed by atoms with Crippen LogP contribution in [0.2, 0.25) is 18.1 Å². The number of rotatable bonds is 3. The van der Waals surface area contributed by atoms with Gasteiger partial charge in [0.1, 0.15) is 11.5 Å². The second kappa shape index (κ2) is 4.96. The summed E-state index contributed by atoms with van der Waals surface area (Å²) in [4.78, 5) is 0. The highest BCUT2D eigenvalue weighted by molar-refractivity contribution is 6.74. The largest absolute Gasteiger partial charge is 0.543 e. The van der Waals surface area contributed by atoms with Gasteiger partial charge in [0, 0.05) is 0 Å². The van der Waals surface area contributed by atoms with Gasteiger partial charge in [0.05, 0.1) is 7.11 Å². The molecule has 0 amide bonds. The van der Waals surface area contributed by atoms with Crippen molar-refractivity contribution in [3.8, 4) is 11.5 Å². The van der Waals surface area contributed by atoms with Crippen LogP contribution in [0.15, 0.2) is 12.1 Å². The first-order chi connectivity index (χ1) is 8.08. The smallest absolute Gasteiger partial charge is 0.250 e. The molecule has 0 atom stereocenters. The van der Waals surface area contributed by atoms with E-state index in [2.05, 4.69) is 59.8 Å². The Balaban J connectivity index is 3.07. The highest BCUT2D eigenvalue weighted by Crippen LogP contribution is 2.38. The lowest BCUT2D eigenvalue weighted by atomic mass is 10.1. The molecule has 0 spiro atoms. The Morgan fingerprint density at radius 1 is 1.00 bits per heavy atom. The zero-order valence-corrected chi connectivity index (χ0v) is 14.0. The van der Waals surface area contributed by atoms with Crippen molar-refractivity contribution in [3.05, 3.63) is 23.3 Å². The van der Waals surface area contributed by atoms with Crippen molar-refractivity contribution in [3.63, 3.8) is 0 Å². The Kier molecular flexibility index (Phi) is 4.16. The van der Waals surface area contributed by atoms with E-state index in [1.54, 1.807) is 7.11 Å². The Hall–Kier alpha value is -0.963. The lowest BCUT2D eigenvalue weighted by molar-refractivity contribution is 0.407. The van der Waals surface area contributed by atoms with E-state index in [0.29, 0.717) is 0 Å². The van der Waals surface area contributed by atoms with E-state index < -0.39 is 8.32 Å².